The van der Waals surface area contributed by atoms with Crippen molar-refractivity contribution in [1.29, 1.82) is 0 Å². The van der Waals surface area contributed by atoms with E-state index in [0.29, 0.717) is 6.04 Å². The lowest BCUT2D eigenvalue weighted by molar-refractivity contribution is 0.537. The van der Waals surface area contributed by atoms with Crippen molar-refractivity contribution in [3.63, 3.8) is 0 Å². The fourth-order valence-corrected chi connectivity index (χ4v) is 1.81. The molecule has 0 amide bonds. The second kappa shape index (κ2) is 7.24. The van der Waals surface area contributed by atoms with Crippen LogP contribution in [0.25, 0.3) is 0 Å². The standard InChI is InChI=1S/C15H23N/c1-4-7-15(16-12-5-2)14-10-8-13(6-3)9-11-14/h4,8-11,15-16H,1,5-7,12H2,2-3H3. The lowest BCUT2D eigenvalue weighted by Crippen LogP contribution is -2.21. The fourth-order valence-electron chi connectivity index (χ4n) is 1.81. The molecule has 88 valence electrons. The minimum atomic E-state index is 0.420. The molecule has 1 unspecified atom stereocenters. The van der Waals surface area contributed by atoms with Crippen LogP contribution in [0.1, 0.15) is 43.9 Å². The van der Waals surface area contributed by atoms with E-state index < -0.39 is 0 Å². The monoisotopic (exact) mass is 217 g/mol. The predicted molar refractivity (Wildman–Crippen MR) is 71.7 cm³/mol. The highest BCUT2D eigenvalue weighted by atomic mass is 14.9. The number of rotatable bonds is 7. The summed E-state index contributed by atoms with van der Waals surface area (Å²) in [4.78, 5) is 0. The summed E-state index contributed by atoms with van der Waals surface area (Å²) in [7, 11) is 0. The Morgan fingerprint density at radius 1 is 1.25 bits per heavy atom. The molecule has 0 spiro atoms. The van der Waals surface area contributed by atoms with Gasteiger partial charge in [0.25, 0.3) is 0 Å². The summed E-state index contributed by atoms with van der Waals surface area (Å²) < 4.78 is 0. The van der Waals surface area contributed by atoms with Gasteiger partial charge in [0.2, 0.25) is 0 Å². The molecule has 0 saturated carbocycles. The third kappa shape index (κ3) is 3.82. The molecule has 1 rings (SSSR count). The van der Waals surface area contributed by atoms with Crippen LogP contribution in [0, 0.1) is 0 Å². The Balaban J connectivity index is 2.70. The van der Waals surface area contributed by atoms with Crippen LogP contribution >= 0.6 is 0 Å². The van der Waals surface area contributed by atoms with Gasteiger partial charge in [-0.25, -0.2) is 0 Å². The zero-order chi connectivity index (χ0) is 11.8. The molecule has 0 bridgehead atoms. The van der Waals surface area contributed by atoms with Crippen molar-refractivity contribution < 1.29 is 0 Å². The molecule has 0 heterocycles. The molecule has 0 aliphatic carbocycles. The van der Waals surface area contributed by atoms with Gasteiger partial charge in [0.1, 0.15) is 0 Å². The molecule has 0 saturated heterocycles. The zero-order valence-corrected chi connectivity index (χ0v) is 10.5. The van der Waals surface area contributed by atoms with E-state index in [1.807, 2.05) is 6.08 Å². The van der Waals surface area contributed by atoms with Gasteiger partial charge in [-0.05, 0) is 36.9 Å². The van der Waals surface area contributed by atoms with E-state index in [-0.39, 0.29) is 0 Å². The van der Waals surface area contributed by atoms with Gasteiger partial charge >= 0.3 is 0 Å². The maximum Gasteiger partial charge on any atom is 0.0354 e. The van der Waals surface area contributed by atoms with E-state index in [1.165, 1.54) is 17.5 Å². The van der Waals surface area contributed by atoms with Gasteiger partial charge in [0, 0.05) is 6.04 Å². The number of aryl methyl sites for hydroxylation is 1. The maximum atomic E-state index is 3.83. The van der Waals surface area contributed by atoms with E-state index in [4.69, 9.17) is 0 Å². The molecule has 0 aliphatic heterocycles. The van der Waals surface area contributed by atoms with Crippen molar-refractivity contribution in [3.05, 3.63) is 48.0 Å². The zero-order valence-electron chi connectivity index (χ0n) is 10.5. The summed E-state index contributed by atoms with van der Waals surface area (Å²) in [5.41, 5.74) is 2.77. The van der Waals surface area contributed by atoms with E-state index in [2.05, 4.69) is 50.0 Å². The average Bonchev–Trinajstić information content (AvgIpc) is 2.35. The first kappa shape index (κ1) is 13.0. The average molecular weight is 217 g/mol. The second-order valence-corrected chi connectivity index (χ2v) is 4.13. The van der Waals surface area contributed by atoms with Crippen molar-refractivity contribution in [2.45, 2.75) is 39.2 Å². The van der Waals surface area contributed by atoms with Crippen LogP contribution < -0.4 is 5.32 Å². The maximum absolute atomic E-state index is 3.83. The Morgan fingerprint density at radius 3 is 2.44 bits per heavy atom. The molecular formula is C15H23N. The topological polar surface area (TPSA) is 12.0 Å². The molecule has 1 N–H and O–H groups in total. The smallest absolute Gasteiger partial charge is 0.0354 e. The van der Waals surface area contributed by atoms with Crippen LogP contribution in [-0.4, -0.2) is 6.54 Å². The first-order chi connectivity index (χ1) is 7.81. The Morgan fingerprint density at radius 2 is 1.94 bits per heavy atom. The van der Waals surface area contributed by atoms with Crippen LogP contribution in [0.15, 0.2) is 36.9 Å². The van der Waals surface area contributed by atoms with Crippen LogP contribution in [0.2, 0.25) is 0 Å². The van der Waals surface area contributed by atoms with Gasteiger partial charge in [0.15, 0.2) is 0 Å². The normalized spacial score (nSPS) is 12.4. The van der Waals surface area contributed by atoms with Gasteiger partial charge in [-0.3, -0.25) is 0 Å². The third-order valence-electron chi connectivity index (χ3n) is 2.83. The first-order valence-corrected chi connectivity index (χ1v) is 6.24. The van der Waals surface area contributed by atoms with Gasteiger partial charge in [0.05, 0.1) is 0 Å². The van der Waals surface area contributed by atoms with Crippen LogP contribution in [0.5, 0.6) is 0 Å². The van der Waals surface area contributed by atoms with Crippen molar-refractivity contribution >= 4 is 0 Å². The molecule has 0 radical (unpaired) electrons. The molecule has 0 aliphatic rings. The lowest BCUT2D eigenvalue weighted by atomic mass is 10.0. The highest BCUT2D eigenvalue weighted by molar-refractivity contribution is 5.25. The number of benzene rings is 1. The molecular weight excluding hydrogens is 194 g/mol. The summed E-state index contributed by atoms with van der Waals surface area (Å²) in [6, 6.07) is 9.33. The molecule has 0 fully saturated rings. The van der Waals surface area contributed by atoms with Crippen molar-refractivity contribution in [2.75, 3.05) is 6.54 Å². The Hall–Kier alpha value is -1.08. The number of nitrogens with one attached hydrogen (secondary N) is 1. The minimum Gasteiger partial charge on any atom is -0.310 e. The largest absolute Gasteiger partial charge is 0.310 e. The predicted octanol–water partition coefficient (Wildman–Crippen LogP) is 3.87. The van der Waals surface area contributed by atoms with Crippen LogP contribution in [-0.2, 0) is 6.42 Å². The summed E-state index contributed by atoms with van der Waals surface area (Å²) in [5.74, 6) is 0. The molecule has 1 atom stereocenters. The summed E-state index contributed by atoms with van der Waals surface area (Å²) in [5, 5.41) is 3.55. The highest BCUT2D eigenvalue weighted by Crippen LogP contribution is 2.18. The highest BCUT2D eigenvalue weighted by Gasteiger charge is 2.07. The summed E-state index contributed by atoms with van der Waals surface area (Å²) in [6.45, 7) is 9.27. The van der Waals surface area contributed by atoms with Gasteiger partial charge in [-0.2, -0.15) is 0 Å². The van der Waals surface area contributed by atoms with Gasteiger partial charge in [-0.15, -0.1) is 6.58 Å². The molecule has 1 heteroatoms. The van der Waals surface area contributed by atoms with E-state index >= 15 is 0 Å². The molecule has 1 aromatic rings. The SMILES string of the molecule is C=CCC(NCCC)c1ccc(CC)cc1. The lowest BCUT2D eigenvalue weighted by Gasteiger charge is -2.17. The molecule has 16 heavy (non-hydrogen) atoms. The van der Waals surface area contributed by atoms with E-state index in [0.717, 1.165) is 19.4 Å². The molecule has 0 aromatic heterocycles. The van der Waals surface area contributed by atoms with Crippen molar-refractivity contribution in [1.82, 2.24) is 5.32 Å². The fraction of sp³-hybridized carbons (Fsp3) is 0.467. The number of hydrogen-bond donors (Lipinski definition) is 1. The van der Waals surface area contributed by atoms with Crippen molar-refractivity contribution in [2.24, 2.45) is 0 Å². The summed E-state index contributed by atoms with van der Waals surface area (Å²) in [6.07, 6.45) is 5.25. The third-order valence-corrected chi connectivity index (χ3v) is 2.83. The van der Waals surface area contributed by atoms with Gasteiger partial charge < -0.3 is 5.32 Å². The van der Waals surface area contributed by atoms with E-state index in [1.54, 1.807) is 0 Å². The second-order valence-electron chi connectivity index (χ2n) is 4.13. The van der Waals surface area contributed by atoms with Crippen molar-refractivity contribution in [3.8, 4) is 0 Å². The van der Waals surface area contributed by atoms with E-state index in [9.17, 15) is 0 Å². The Labute approximate surface area is 99.6 Å². The minimum absolute atomic E-state index is 0.420. The molecule has 1 nitrogen and oxygen atoms in total. The Kier molecular flexibility index (Phi) is 5.87. The van der Waals surface area contributed by atoms with Crippen LogP contribution in [0.4, 0.5) is 0 Å². The van der Waals surface area contributed by atoms with Gasteiger partial charge in [-0.1, -0.05) is 44.2 Å². The quantitative estimate of drug-likeness (QED) is 0.684. The first-order valence-electron chi connectivity index (χ1n) is 6.24. The summed E-state index contributed by atoms with van der Waals surface area (Å²) >= 11 is 0. The van der Waals surface area contributed by atoms with Crippen LogP contribution in [0.3, 0.4) is 0 Å². The Bertz CT molecular complexity index is 300. The number of hydrogen-bond acceptors (Lipinski definition) is 1. The molecule has 1 aromatic carbocycles.